The topological polar surface area (TPSA) is 0 Å². The predicted octanol–water partition coefficient (Wildman–Crippen LogP) is 6.48. The van der Waals surface area contributed by atoms with Crippen LogP contribution in [0.1, 0.15) is 76.8 Å². The van der Waals surface area contributed by atoms with Gasteiger partial charge < -0.3 is 0 Å². The molecule has 0 bridgehead atoms. The van der Waals surface area contributed by atoms with Crippen molar-refractivity contribution in [2.45, 2.75) is 71.1 Å². The van der Waals surface area contributed by atoms with Crippen molar-refractivity contribution < 1.29 is 0 Å². The molecule has 1 aromatic carbocycles. The minimum Gasteiger partial charge on any atom is -0.118 e. The van der Waals surface area contributed by atoms with Gasteiger partial charge >= 0.3 is 0 Å². The highest BCUT2D eigenvalue weighted by atomic mass is 35.5. The first-order valence-electron chi connectivity index (χ1n) is 7.96. The van der Waals surface area contributed by atoms with Crippen LogP contribution in [0, 0.1) is 11.3 Å². The van der Waals surface area contributed by atoms with E-state index in [1.54, 1.807) is 0 Å². The van der Waals surface area contributed by atoms with Crippen LogP contribution in [0.2, 0.25) is 0 Å². The Kier molecular flexibility index (Phi) is 4.54. The molecule has 1 aromatic rings. The Labute approximate surface area is 129 Å². The van der Waals surface area contributed by atoms with Crippen LogP contribution in [0.4, 0.5) is 0 Å². The van der Waals surface area contributed by atoms with Gasteiger partial charge in [0.2, 0.25) is 0 Å². The van der Waals surface area contributed by atoms with Crippen molar-refractivity contribution in [2.75, 3.05) is 0 Å². The molecule has 1 heteroatoms. The Morgan fingerprint density at radius 2 is 1.70 bits per heavy atom. The first-order valence-corrected chi connectivity index (χ1v) is 8.40. The number of alkyl halides is 1. The van der Waals surface area contributed by atoms with Crippen molar-refractivity contribution in [1.82, 2.24) is 0 Å². The molecule has 1 fully saturated rings. The minimum atomic E-state index is 0.152. The molecule has 0 heterocycles. The van der Waals surface area contributed by atoms with Crippen LogP contribution in [0.25, 0.3) is 0 Å². The van der Waals surface area contributed by atoms with E-state index in [-0.39, 0.29) is 10.8 Å². The molecule has 0 spiro atoms. The van der Waals surface area contributed by atoms with Gasteiger partial charge in [0.15, 0.2) is 0 Å². The minimum absolute atomic E-state index is 0.152. The molecule has 1 aliphatic carbocycles. The second-order valence-corrected chi connectivity index (χ2v) is 8.58. The second-order valence-electron chi connectivity index (χ2n) is 8.11. The zero-order valence-electron chi connectivity index (χ0n) is 13.7. The maximum Gasteiger partial charge on any atom is 0.0618 e. The fraction of sp³-hybridized carbons (Fsp3) is 0.684. The first-order chi connectivity index (χ1) is 9.22. The number of rotatable bonds is 2. The van der Waals surface area contributed by atoms with Crippen molar-refractivity contribution >= 4 is 11.6 Å². The van der Waals surface area contributed by atoms with E-state index >= 15 is 0 Å². The number of halogens is 1. The van der Waals surface area contributed by atoms with Crippen LogP contribution >= 0.6 is 11.6 Å². The molecule has 2 rings (SSSR count). The molecule has 0 N–H and O–H groups in total. The van der Waals surface area contributed by atoms with E-state index in [1.807, 2.05) is 0 Å². The van der Waals surface area contributed by atoms with Crippen LogP contribution in [-0.2, 0) is 5.41 Å². The summed E-state index contributed by atoms with van der Waals surface area (Å²) >= 11 is 6.84. The van der Waals surface area contributed by atoms with Crippen LogP contribution < -0.4 is 0 Å². The Morgan fingerprint density at radius 3 is 2.20 bits per heavy atom. The fourth-order valence-electron chi connectivity index (χ4n) is 3.46. The lowest BCUT2D eigenvalue weighted by molar-refractivity contribution is 0.133. The summed E-state index contributed by atoms with van der Waals surface area (Å²) in [6.07, 6.45) is 5.26. The number of hydrogen-bond acceptors (Lipinski definition) is 0. The summed E-state index contributed by atoms with van der Waals surface area (Å²) in [7, 11) is 0. The quantitative estimate of drug-likeness (QED) is 0.547. The molecule has 0 aromatic heterocycles. The van der Waals surface area contributed by atoms with Gasteiger partial charge in [-0.3, -0.25) is 0 Å². The summed E-state index contributed by atoms with van der Waals surface area (Å²) in [4.78, 5) is 0. The molecule has 1 aliphatic rings. The van der Waals surface area contributed by atoms with E-state index in [0.717, 1.165) is 0 Å². The SMILES string of the molecule is CC(C)(C)c1ccc(C(Cl)C2CCCCC2(C)C)cc1. The molecule has 0 radical (unpaired) electrons. The van der Waals surface area contributed by atoms with Crippen molar-refractivity contribution in [3.8, 4) is 0 Å². The lowest BCUT2D eigenvalue weighted by Crippen LogP contribution is -2.30. The highest BCUT2D eigenvalue weighted by molar-refractivity contribution is 6.21. The van der Waals surface area contributed by atoms with Crippen molar-refractivity contribution in [1.29, 1.82) is 0 Å². The molecule has 0 nitrogen and oxygen atoms in total. The van der Waals surface area contributed by atoms with Gasteiger partial charge in [0.05, 0.1) is 5.38 Å². The number of hydrogen-bond donors (Lipinski definition) is 0. The lowest BCUT2D eigenvalue weighted by atomic mass is 9.66. The molecule has 1 saturated carbocycles. The lowest BCUT2D eigenvalue weighted by Gasteiger charge is -2.41. The van der Waals surface area contributed by atoms with Gasteiger partial charge in [0.1, 0.15) is 0 Å². The van der Waals surface area contributed by atoms with Crippen LogP contribution in [0.15, 0.2) is 24.3 Å². The van der Waals surface area contributed by atoms with E-state index in [0.29, 0.717) is 11.3 Å². The first kappa shape index (κ1) is 15.9. The maximum absolute atomic E-state index is 6.84. The van der Waals surface area contributed by atoms with Crippen molar-refractivity contribution in [2.24, 2.45) is 11.3 Å². The summed E-state index contributed by atoms with van der Waals surface area (Å²) in [5.74, 6) is 0.596. The molecule has 20 heavy (non-hydrogen) atoms. The second kappa shape index (κ2) is 5.72. The zero-order chi connectivity index (χ0) is 15.0. The average molecular weight is 293 g/mol. The van der Waals surface area contributed by atoms with E-state index in [9.17, 15) is 0 Å². The Hall–Kier alpha value is -0.490. The largest absolute Gasteiger partial charge is 0.118 e. The van der Waals surface area contributed by atoms with Gasteiger partial charge in [0, 0.05) is 0 Å². The molecular weight excluding hydrogens is 264 g/mol. The van der Waals surface area contributed by atoms with E-state index in [1.165, 1.54) is 36.8 Å². The molecule has 0 saturated heterocycles. The summed E-state index contributed by atoms with van der Waals surface area (Å²) in [5.41, 5.74) is 3.25. The maximum atomic E-state index is 6.84. The zero-order valence-corrected chi connectivity index (χ0v) is 14.4. The molecular formula is C19H29Cl. The monoisotopic (exact) mass is 292 g/mol. The summed E-state index contributed by atoms with van der Waals surface area (Å²) in [5, 5.41) is 0.152. The number of benzene rings is 1. The third-order valence-electron chi connectivity index (χ3n) is 5.04. The summed E-state index contributed by atoms with van der Waals surface area (Å²) in [6.45, 7) is 11.5. The fourth-order valence-corrected chi connectivity index (χ4v) is 4.08. The van der Waals surface area contributed by atoms with Gasteiger partial charge in [0.25, 0.3) is 0 Å². The normalized spacial score (nSPS) is 24.4. The van der Waals surface area contributed by atoms with Crippen LogP contribution in [0.3, 0.4) is 0 Å². The van der Waals surface area contributed by atoms with Crippen molar-refractivity contribution in [3.63, 3.8) is 0 Å². The van der Waals surface area contributed by atoms with Gasteiger partial charge in [-0.1, -0.05) is 71.7 Å². The molecule has 0 amide bonds. The van der Waals surface area contributed by atoms with E-state index in [2.05, 4.69) is 58.9 Å². The molecule has 0 aliphatic heterocycles. The van der Waals surface area contributed by atoms with Gasteiger partial charge in [-0.15, -0.1) is 11.6 Å². The summed E-state index contributed by atoms with van der Waals surface area (Å²) in [6, 6.07) is 8.98. The van der Waals surface area contributed by atoms with E-state index < -0.39 is 0 Å². The van der Waals surface area contributed by atoms with Gasteiger partial charge in [-0.05, 0) is 40.7 Å². The highest BCUT2D eigenvalue weighted by Crippen LogP contribution is 2.49. The smallest absolute Gasteiger partial charge is 0.0618 e. The third kappa shape index (κ3) is 3.39. The third-order valence-corrected chi connectivity index (χ3v) is 5.59. The molecule has 112 valence electrons. The van der Waals surface area contributed by atoms with E-state index in [4.69, 9.17) is 11.6 Å². The van der Waals surface area contributed by atoms with Crippen LogP contribution in [-0.4, -0.2) is 0 Å². The Balaban J connectivity index is 2.18. The summed E-state index contributed by atoms with van der Waals surface area (Å²) < 4.78 is 0. The van der Waals surface area contributed by atoms with Gasteiger partial charge in [-0.2, -0.15) is 0 Å². The Morgan fingerprint density at radius 1 is 1.10 bits per heavy atom. The van der Waals surface area contributed by atoms with Crippen LogP contribution in [0.5, 0.6) is 0 Å². The highest BCUT2D eigenvalue weighted by Gasteiger charge is 2.37. The average Bonchev–Trinajstić information content (AvgIpc) is 2.36. The molecule has 2 atom stereocenters. The Bertz CT molecular complexity index is 436. The molecule has 2 unspecified atom stereocenters. The standard InChI is InChI=1S/C19H29Cl/c1-18(2,3)15-11-9-14(10-12-15)17(20)16-8-6-7-13-19(16,4)5/h9-12,16-17H,6-8,13H2,1-5H3. The van der Waals surface area contributed by atoms with Gasteiger partial charge in [-0.25, -0.2) is 0 Å². The predicted molar refractivity (Wildman–Crippen MR) is 89.5 cm³/mol. The van der Waals surface area contributed by atoms with Crippen molar-refractivity contribution in [3.05, 3.63) is 35.4 Å².